The van der Waals surface area contributed by atoms with Crippen LogP contribution in [0, 0.1) is 0 Å². The van der Waals surface area contributed by atoms with Gasteiger partial charge in [0.25, 0.3) is 0 Å². The molecule has 0 spiro atoms. The molecule has 0 aliphatic carbocycles. The van der Waals surface area contributed by atoms with Crippen molar-refractivity contribution in [3.63, 3.8) is 0 Å². The summed E-state index contributed by atoms with van der Waals surface area (Å²) in [6.07, 6.45) is 0. The third-order valence-electron chi connectivity index (χ3n) is 1.27. The summed E-state index contributed by atoms with van der Waals surface area (Å²) in [6.45, 7) is 2.49. The summed E-state index contributed by atoms with van der Waals surface area (Å²) >= 11 is 0. The van der Waals surface area contributed by atoms with E-state index in [1.165, 1.54) is 6.92 Å². The molecule has 15 heavy (non-hydrogen) atoms. The lowest BCUT2D eigenvalue weighted by molar-refractivity contribution is -0.142. The Morgan fingerprint density at radius 3 is 1.87 bits per heavy atom. The lowest BCUT2D eigenvalue weighted by Gasteiger charge is -2.04. The molecule has 0 aromatic rings. The molecule has 0 heterocycles. The second kappa shape index (κ2) is 9.57. The van der Waals surface area contributed by atoms with Crippen LogP contribution >= 0.6 is 0 Å². The van der Waals surface area contributed by atoms with Crippen molar-refractivity contribution in [3.05, 3.63) is 0 Å². The van der Waals surface area contributed by atoms with Gasteiger partial charge in [-0.15, -0.1) is 0 Å². The van der Waals surface area contributed by atoms with Gasteiger partial charge in [-0.05, 0) is 6.92 Å². The number of ether oxygens (including phenoxy) is 3. The summed E-state index contributed by atoms with van der Waals surface area (Å²) in [5.74, 6) is -1.03. The van der Waals surface area contributed by atoms with Crippen LogP contribution in [-0.4, -0.2) is 56.5 Å². The van der Waals surface area contributed by atoms with E-state index in [-0.39, 0.29) is 25.6 Å². The molecule has 0 amide bonds. The molecule has 0 aromatic carbocycles. The SMILES string of the molecule is CC(=O)COCCOCCOCC(=O)O. The highest BCUT2D eigenvalue weighted by Crippen LogP contribution is 1.81. The Hall–Kier alpha value is -0.980. The summed E-state index contributed by atoms with van der Waals surface area (Å²) in [6, 6.07) is 0. The molecule has 0 saturated heterocycles. The van der Waals surface area contributed by atoms with Gasteiger partial charge in [-0.3, -0.25) is 4.79 Å². The third kappa shape index (κ3) is 13.0. The molecule has 88 valence electrons. The highest BCUT2D eigenvalue weighted by atomic mass is 16.5. The van der Waals surface area contributed by atoms with Crippen LogP contribution in [0.4, 0.5) is 0 Å². The smallest absolute Gasteiger partial charge is 0.329 e. The van der Waals surface area contributed by atoms with Crippen molar-refractivity contribution in [2.45, 2.75) is 6.92 Å². The predicted molar refractivity (Wildman–Crippen MR) is 50.8 cm³/mol. The first-order valence-corrected chi connectivity index (χ1v) is 4.57. The van der Waals surface area contributed by atoms with Gasteiger partial charge in [0.15, 0.2) is 5.78 Å². The van der Waals surface area contributed by atoms with Gasteiger partial charge in [0.05, 0.1) is 26.4 Å². The van der Waals surface area contributed by atoms with E-state index in [0.717, 1.165) is 0 Å². The maximum Gasteiger partial charge on any atom is 0.329 e. The molecule has 0 saturated carbocycles. The zero-order chi connectivity index (χ0) is 11.5. The Morgan fingerprint density at radius 2 is 1.40 bits per heavy atom. The first kappa shape index (κ1) is 14.0. The van der Waals surface area contributed by atoms with Crippen molar-refractivity contribution in [1.29, 1.82) is 0 Å². The minimum atomic E-state index is -1.00. The standard InChI is InChI=1S/C9H16O6/c1-8(10)6-14-4-2-13-3-5-15-7-9(11)12/h2-7H2,1H3,(H,11,12). The van der Waals surface area contributed by atoms with E-state index in [1.54, 1.807) is 0 Å². The van der Waals surface area contributed by atoms with E-state index in [4.69, 9.17) is 19.3 Å². The summed E-state index contributed by atoms with van der Waals surface area (Å²) in [7, 11) is 0. The molecular formula is C9H16O6. The average molecular weight is 220 g/mol. The second-order valence-corrected chi connectivity index (χ2v) is 2.81. The maximum absolute atomic E-state index is 10.4. The number of rotatable bonds is 10. The second-order valence-electron chi connectivity index (χ2n) is 2.81. The number of carbonyl (C=O) groups is 2. The molecule has 0 aliphatic heterocycles. The molecule has 6 heteroatoms. The van der Waals surface area contributed by atoms with Gasteiger partial charge in [0.1, 0.15) is 13.2 Å². The zero-order valence-corrected chi connectivity index (χ0v) is 8.73. The fraction of sp³-hybridized carbons (Fsp3) is 0.778. The number of carboxylic acids is 1. The Kier molecular flexibility index (Phi) is 8.95. The molecule has 0 bridgehead atoms. The number of hydrogen-bond donors (Lipinski definition) is 1. The summed E-state index contributed by atoms with van der Waals surface area (Å²) in [4.78, 5) is 20.5. The lowest BCUT2D eigenvalue weighted by Crippen LogP contribution is -2.14. The molecule has 0 unspecified atom stereocenters. The molecule has 0 fully saturated rings. The largest absolute Gasteiger partial charge is 0.480 e. The molecule has 1 N–H and O–H groups in total. The maximum atomic E-state index is 10.4. The van der Waals surface area contributed by atoms with E-state index in [2.05, 4.69) is 0 Å². The Morgan fingerprint density at radius 1 is 0.933 bits per heavy atom. The van der Waals surface area contributed by atoms with Crippen LogP contribution in [0.25, 0.3) is 0 Å². The van der Waals surface area contributed by atoms with E-state index >= 15 is 0 Å². The molecular weight excluding hydrogens is 204 g/mol. The zero-order valence-electron chi connectivity index (χ0n) is 8.73. The number of ketones is 1. The van der Waals surface area contributed by atoms with Crippen molar-refractivity contribution in [1.82, 2.24) is 0 Å². The monoisotopic (exact) mass is 220 g/mol. The van der Waals surface area contributed by atoms with E-state index in [1.807, 2.05) is 0 Å². The molecule has 0 aliphatic rings. The molecule has 0 rings (SSSR count). The molecule has 0 atom stereocenters. The van der Waals surface area contributed by atoms with Crippen LogP contribution in [0.2, 0.25) is 0 Å². The van der Waals surface area contributed by atoms with Crippen molar-refractivity contribution in [3.8, 4) is 0 Å². The molecule has 0 aromatic heterocycles. The molecule has 6 nitrogen and oxygen atoms in total. The number of Topliss-reactive ketones (excluding diaryl/α,β-unsaturated/α-hetero) is 1. The quantitative estimate of drug-likeness (QED) is 0.509. The minimum Gasteiger partial charge on any atom is -0.480 e. The summed E-state index contributed by atoms with van der Waals surface area (Å²) in [5, 5.41) is 8.22. The first-order chi connectivity index (χ1) is 7.13. The Bertz CT molecular complexity index is 171. The summed E-state index contributed by atoms with van der Waals surface area (Å²) < 4.78 is 14.7. The molecule has 0 radical (unpaired) electrons. The highest BCUT2D eigenvalue weighted by molar-refractivity contribution is 5.76. The van der Waals surface area contributed by atoms with Gasteiger partial charge in [-0.1, -0.05) is 0 Å². The normalized spacial score (nSPS) is 10.2. The van der Waals surface area contributed by atoms with Crippen LogP contribution in [0.5, 0.6) is 0 Å². The minimum absolute atomic E-state index is 0.0280. The van der Waals surface area contributed by atoms with Crippen molar-refractivity contribution in [2.75, 3.05) is 39.6 Å². The predicted octanol–water partition coefficient (Wildman–Crippen LogP) is -0.290. The number of carbonyl (C=O) groups excluding carboxylic acids is 1. The average Bonchev–Trinajstić information content (AvgIpc) is 2.14. The van der Waals surface area contributed by atoms with Gasteiger partial charge in [0, 0.05) is 0 Å². The van der Waals surface area contributed by atoms with Crippen molar-refractivity contribution in [2.24, 2.45) is 0 Å². The first-order valence-electron chi connectivity index (χ1n) is 4.57. The van der Waals surface area contributed by atoms with Crippen molar-refractivity contribution >= 4 is 11.8 Å². The summed E-state index contributed by atoms with van der Waals surface area (Å²) in [5.41, 5.74) is 0. The van der Waals surface area contributed by atoms with Gasteiger partial charge in [0.2, 0.25) is 0 Å². The van der Waals surface area contributed by atoms with Gasteiger partial charge in [-0.2, -0.15) is 0 Å². The van der Waals surface area contributed by atoms with Gasteiger partial charge < -0.3 is 19.3 Å². The number of carboxylic acid groups (broad SMARTS) is 1. The number of hydrogen-bond acceptors (Lipinski definition) is 5. The topological polar surface area (TPSA) is 82.1 Å². The number of aliphatic carboxylic acids is 1. The highest BCUT2D eigenvalue weighted by Gasteiger charge is 1.96. The Balaban J connectivity index is 2.99. The van der Waals surface area contributed by atoms with E-state index < -0.39 is 5.97 Å². The van der Waals surface area contributed by atoms with E-state index in [9.17, 15) is 9.59 Å². The van der Waals surface area contributed by atoms with Crippen LogP contribution in [0.3, 0.4) is 0 Å². The lowest BCUT2D eigenvalue weighted by atomic mass is 10.5. The van der Waals surface area contributed by atoms with Gasteiger partial charge >= 0.3 is 5.97 Å². The fourth-order valence-corrected chi connectivity index (χ4v) is 0.713. The van der Waals surface area contributed by atoms with Crippen molar-refractivity contribution < 1.29 is 28.9 Å². The fourth-order valence-electron chi connectivity index (χ4n) is 0.713. The van der Waals surface area contributed by atoms with Crippen LogP contribution < -0.4 is 0 Å². The van der Waals surface area contributed by atoms with Crippen LogP contribution in [0.15, 0.2) is 0 Å². The third-order valence-corrected chi connectivity index (χ3v) is 1.27. The van der Waals surface area contributed by atoms with Crippen LogP contribution in [0.1, 0.15) is 6.92 Å². The Labute approximate surface area is 88.1 Å². The van der Waals surface area contributed by atoms with Gasteiger partial charge in [-0.25, -0.2) is 4.79 Å². The van der Waals surface area contributed by atoms with E-state index in [0.29, 0.717) is 19.8 Å². The van der Waals surface area contributed by atoms with Crippen LogP contribution in [-0.2, 0) is 23.8 Å².